The molecule has 1 saturated heterocycles. The van der Waals surface area contributed by atoms with E-state index in [-0.39, 0.29) is 36.0 Å². The summed E-state index contributed by atoms with van der Waals surface area (Å²) in [5.41, 5.74) is 1.69. The van der Waals surface area contributed by atoms with Crippen molar-refractivity contribution < 1.29 is 23.6 Å². The molecule has 0 radical (unpaired) electrons. The topological polar surface area (TPSA) is 94.8 Å². The molecule has 2 unspecified atom stereocenters. The SMILES string of the molecule is Cc1noc2nc(-c3cccs3)cc(C(=O)OCC(=O)N3CC(C)OC(C)C3)c12. The second-order valence-electron chi connectivity index (χ2n) is 7.11. The second kappa shape index (κ2) is 7.92. The van der Waals surface area contributed by atoms with E-state index in [1.807, 2.05) is 31.4 Å². The number of thiophene rings is 1. The molecule has 0 saturated carbocycles. The summed E-state index contributed by atoms with van der Waals surface area (Å²) in [6, 6.07) is 5.46. The summed E-state index contributed by atoms with van der Waals surface area (Å²) in [4.78, 5) is 32.4. The zero-order chi connectivity index (χ0) is 20.5. The zero-order valence-corrected chi connectivity index (χ0v) is 17.2. The highest BCUT2D eigenvalue weighted by molar-refractivity contribution is 7.13. The fourth-order valence-corrected chi connectivity index (χ4v) is 4.17. The van der Waals surface area contributed by atoms with Gasteiger partial charge in [-0.25, -0.2) is 9.78 Å². The molecule has 0 N–H and O–H groups in total. The van der Waals surface area contributed by atoms with Crippen LogP contribution < -0.4 is 0 Å². The van der Waals surface area contributed by atoms with Crippen LogP contribution in [0.2, 0.25) is 0 Å². The number of esters is 1. The Kier molecular flexibility index (Phi) is 5.33. The van der Waals surface area contributed by atoms with Crippen molar-refractivity contribution in [3.05, 3.63) is 34.8 Å². The van der Waals surface area contributed by atoms with Crippen LogP contribution in [0.3, 0.4) is 0 Å². The van der Waals surface area contributed by atoms with E-state index >= 15 is 0 Å². The summed E-state index contributed by atoms with van der Waals surface area (Å²) in [7, 11) is 0. The normalized spacial score (nSPS) is 19.5. The predicted molar refractivity (Wildman–Crippen MR) is 107 cm³/mol. The van der Waals surface area contributed by atoms with E-state index < -0.39 is 5.97 Å². The standard InChI is InChI=1S/C20H21N3O5S/c1-11-8-23(9-12(2)27-11)17(24)10-26-20(25)14-7-15(16-5-4-6-29-16)21-19-18(14)13(3)22-28-19/h4-7,11-12H,8-10H2,1-3H3. The van der Waals surface area contributed by atoms with Crippen LogP contribution in [0.5, 0.6) is 0 Å². The predicted octanol–water partition coefficient (Wildman–Crippen LogP) is 3.05. The first-order valence-electron chi connectivity index (χ1n) is 9.33. The number of ether oxygens (including phenoxy) is 2. The Bertz CT molecular complexity index is 1040. The third-order valence-corrected chi connectivity index (χ3v) is 5.60. The number of rotatable bonds is 4. The van der Waals surface area contributed by atoms with Crippen molar-refractivity contribution in [3.8, 4) is 10.6 Å². The number of fused-ring (bicyclic) bond motifs is 1. The minimum atomic E-state index is -0.607. The van der Waals surface area contributed by atoms with Gasteiger partial charge in [-0.05, 0) is 38.3 Å². The number of aromatic nitrogens is 2. The van der Waals surface area contributed by atoms with Crippen molar-refractivity contribution in [1.29, 1.82) is 0 Å². The van der Waals surface area contributed by atoms with Crippen molar-refractivity contribution in [2.45, 2.75) is 33.0 Å². The van der Waals surface area contributed by atoms with E-state index in [0.717, 1.165) is 4.88 Å². The molecule has 1 aliphatic heterocycles. The summed E-state index contributed by atoms with van der Waals surface area (Å²) in [6.45, 7) is 6.19. The van der Waals surface area contributed by atoms with Gasteiger partial charge in [-0.2, -0.15) is 0 Å². The molecule has 0 aromatic carbocycles. The minimum Gasteiger partial charge on any atom is -0.452 e. The summed E-state index contributed by atoms with van der Waals surface area (Å²) in [6.07, 6.45) is -0.0996. The molecular weight excluding hydrogens is 394 g/mol. The second-order valence-corrected chi connectivity index (χ2v) is 8.06. The first kappa shape index (κ1) is 19.5. The quantitative estimate of drug-likeness (QED) is 0.605. The maximum atomic E-state index is 12.8. The van der Waals surface area contributed by atoms with Gasteiger partial charge in [0.25, 0.3) is 11.6 Å². The van der Waals surface area contributed by atoms with E-state index in [1.54, 1.807) is 17.9 Å². The van der Waals surface area contributed by atoms with Crippen LogP contribution in [0, 0.1) is 6.92 Å². The first-order chi connectivity index (χ1) is 13.9. The van der Waals surface area contributed by atoms with Crippen LogP contribution in [0.4, 0.5) is 0 Å². The molecule has 1 fully saturated rings. The third kappa shape index (κ3) is 4.01. The molecule has 1 aliphatic rings. The number of nitrogens with zero attached hydrogens (tertiary/aromatic N) is 3. The lowest BCUT2D eigenvalue weighted by Gasteiger charge is -2.35. The monoisotopic (exact) mass is 415 g/mol. The smallest absolute Gasteiger partial charge is 0.339 e. The highest BCUT2D eigenvalue weighted by atomic mass is 32.1. The molecule has 3 aromatic heterocycles. The summed E-state index contributed by atoms with van der Waals surface area (Å²) < 4.78 is 16.3. The van der Waals surface area contributed by atoms with Crippen LogP contribution >= 0.6 is 11.3 Å². The van der Waals surface area contributed by atoms with Gasteiger partial charge in [-0.15, -0.1) is 11.3 Å². The number of hydrogen-bond acceptors (Lipinski definition) is 8. The number of hydrogen-bond donors (Lipinski definition) is 0. The van der Waals surface area contributed by atoms with Crippen molar-refractivity contribution >= 4 is 34.3 Å². The van der Waals surface area contributed by atoms with Crippen LogP contribution in [0.25, 0.3) is 21.7 Å². The fraction of sp³-hybridized carbons (Fsp3) is 0.400. The number of morpholine rings is 1. The molecule has 4 rings (SSSR count). The van der Waals surface area contributed by atoms with Gasteiger partial charge in [0.1, 0.15) is 0 Å². The van der Waals surface area contributed by atoms with E-state index in [0.29, 0.717) is 29.9 Å². The lowest BCUT2D eigenvalue weighted by atomic mass is 10.1. The van der Waals surface area contributed by atoms with Gasteiger partial charge < -0.3 is 18.9 Å². The molecule has 1 amide bonds. The lowest BCUT2D eigenvalue weighted by molar-refractivity contribution is -0.146. The number of amides is 1. The van der Waals surface area contributed by atoms with E-state index in [2.05, 4.69) is 10.1 Å². The molecule has 4 heterocycles. The van der Waals surface area contributed by atoms with Crippen molar-refractivity contribution in [1.82, 2.24) is 15.0 Å². The van der Waals surface area contributed by atoms with Gasteiger partial charge in [0.2, 0.25) is 0 Å². The van der Waals surface area contributed by atoms with Gasteiger partial charge in [-0.1, -0.05) is 11.2 Å². The van der Waals surface area contributed by atoms with Gasteiger partial charge >= 0.3 is 5.97 Å². The van der Waals surface area contributed by atoms with E-state index in [4.69, 9.17) is 14.0 Å². The maximum absolute atomic E-state index is 12.8. The zero-order valence-electron chi connectivity index (χ0n) is 16.4. The molecule has 29 heavy (non-hydrogen) atoms. The third-order valence-electron chi connectivity index (χ3n) is 4.71. The van der Waals surface area contributed by atoms with Gasteiger partial charge in [0, 0.05) is 13.1 Å². The summed E-state index contributed by atoms with van der Waals surface area (Å²) in [5, 5.41) is 6.34. The molecule has 3 aromatic rings. The average Bonchev–Trinajstić information content (AvgIpc) is 3.35. The van der Waals surface area contributed by atoms with E-state index in [9.17, 15) is 9.59 Å². The van der Waals surface area contributed by atoms with Crippen LogP contribution in [-0.2, 0) is 14.3 Å². The molecule has 0 spiro atoms. The van der Waals surface area contributed by atoms with Crippen molar-refractivity contribution in [3.63, 3.8) is 0 Å². The summed E-state index contributed by atoms with van der Waals surface area (Å²) in [5.74, 6) is -0.851. The Morgan fingerprint density at radius 3 is 2.76 bits per heavy atom. The Labute approximate surface area is 171 Å². The molecule has 152 valence electrons. The highest BCUT2D eigenvalue weighted by Gasteiger charge is 2.27. The largest absolute Gasteiger partial charge is 0.452 e. The molecule has 0 aliphatic carbocycles. The molecule has 2 atom stereocenters. The maximum Gasteiger partial charge on any atom is 0.339 e. The van der Waals surface area contributed by atoms with Crippen LogP contribution in [0.15, 0.2) is 28.1 Å². The van der Waals surface area contributed by atoms with Gasteiger partial charge in [-0.3, -0.25) is 4.79 Å². The Hall–Kier alpha value is -2.78. The van der Waals surface area contributed by atoms with Crippen LogP contribution in [-0.4, -0.2) is 58.8 Å². The number of carbonyl (C=O) groups is 2. The van der Waals surface area contributed by atoms with Crippen LogP contribution in [0.1, 0.15) is 29.9 Å². The van der Waals surface area contributed by atoms with Gasteiger partial charge in [0.05, 0.1) is 39.4 Å². The fourth-order valence-electron chi connectivity index (χ4n) is 3.48. The Morgan fingerprint density at radius 1 is 1.31 bits per heavy atom. The number of carbonyl (C=O) groups excluding carboxylic acids is 2. The first-order valence-corrected chi connectivity index (χ1v) is 10.2. The molecular formula is C20H21N3O5S. The Morgan fingerprint density at radius 2 is 2.07 bits per heavy atom. The molecule has 8 nitrogen and oxygen atoms in total. The molecule has 0 bridgehead atoms. The van der Waals surface area contributed by atoms with E-state index in [1.165, 1.54) is 11.3 Å². The number of aryl methyl sites for hydroxylation is 1. The molecule has 9 heteroatoms. The van der Waals surface area contributed by atoms with Crippen molar-refractivity contribution in [2.24, 2.45) is 0 Å². The van der Waals surface area contributed by atoms with Crippen molar-refractivity contribution in [2.75, 3.05) is 19.7 Å². The Balaban J connectivity index is 1.55. The average molecular weight is 415 g/mol. The highest BCUT2D eigenvalue weighted by Crippen LogP contribution is 2.29. The minimum absolute atomic E-state index is 0.0498. The summed E-state index contributed by atoms with van der Waals surface area (Å²) >= 11 is 1.50. The van der Waals surface area contributed by atoms with Gasteiger partial charge in [0.15, 0.2) is 6.61 Å². The number of pyridine rings is 1. The lowest BCUT2D eigenvalue weighted by Crippen LogP contribution is -2.49.